The van der Waals surface area contributed by atoms with Crippen molar-refractivity contribution in [1.82, 2.24) is 9.88 Å². The Morgan fingerprint density at radius 2 is 1.88 bits per heavy atom. The number of rotatable bonds is 7. The van der Waals surface area contributed by atoms with Crippen LogP contribution in [0.5, 0.6) is 5.75 Å². The molecule has 5 atom stereocenters. The first-order valence-corrected chi connectivity index (χ1v) is 14.0. The van der Waals surface area contributed by atoms with Crippen LogP contribution in [-0.2, 0) is 32.0 Å². The van der Waals surface area contributed by atoms with Gasteiger partial charge in [0.1, 0.15) is 18.0 Å². The van der Waals surface area contributed by atoms with Crippen LogP contribution in [0.25, 0.3) is 10.9 Å². The van der Waals surface area contributed by atoms with Crippen molar-refractivity contribution in [2.45, 2.75) is 52.4 Å². The summed E-state index contributed by atoms with van der Waals surface area (Å²) in [6, 6.07) is 12.0. The number of nitrogens with zero attached hydrogens (tertiary/aromatic N) is 1. The third-order valence-electron chi connectivity index (χ3n) is 9.10. The van der Waals surface area contributed by atoms with Crippen LogP contribution < -0.4 is 4.74 Å². The van der Waals surface area contributed by atoms with E-state index in [-0.39, 0.29) is 17.8 Å². The van der Waals surface area contributed by atoms with Gasteiger partial charge in [-0.25, -0.2) is 4.79 Å². The van der Waals surface area contributed by atoms with Crippen LogP contribution in [-0.4, -0.2) is 68.4 Å². The molecule has 5 rings (SSSR count). The second-order valence-electron chi connectivity index (χ2n) is 11.3. The number of H-pyrrole nitrogens is 1. The SMILES string of the molecule is COC(=O)[C@H]1[C@@H](C)[C@@H](CN2CCc3c([nH]c4ccccc34)C2)C[C@@H](OC(=O)c2cc(C)c(C)c(OC)c2)[C@@H]1OC. The molecule has 0 unspecified atom stereocenters. The zero-order valence-electron chi connectivity index (χ0n) is 24.3. The summed E-state index contributed by atoms with van der Waals surface area (Å²) in [4.78, 5) is 32.5. The lowest BCUT2D eigenvalue weighted by Crippen LogP contribution is -2.54. The van der Waals surface area contributed by atoms with Crippen molar-refractivity contribution >= 4 is 22.8 Å². The third-order valence-corrected chi connectivity index (χ3v) is 9.10. The van der Waals surface area contributed by atoms with Crippen LogP contribution in [0.15, 0.2) is 36.4 Å². The average Bonchev–Trinajstić information content (AvgIpc) is 3.33. The van der Waals surface area contributed by atoms with Gasteiger partial charge in [-0.05, 0) is 73.4 Å². The molecule has 0 radical (unpaired) electrons. The van der Waals surface area contributed by atoms with Crippen LogP contribution in [0.2, 0.25) is 0 Å². The lowest BCUT2D eigenvalue weighted by atomic mass is 9.69. The number of esters is 2. The molecule has 1 aromatic heterocycles. The molecule has 2 aliphatic rings. The highest BCUT2D eigenvalue weighted by Gasteiger charge is 2.49. The molecule has 1 fully saturated rings. The predicted octanol–water partition coefficient (Wildman–Crippen LogP) is 4.84. The average molecular weight is 549 g/mol. The molecular weight excluding hydrogens is 508 g/mol. The maximum Gasteiger partial charge on any atom is 0.338 e. The summed E-state index contributed by atoms with van der Waals surface area (Å²) in [5.41, 5.74) is 6.16. The van der Waals surface area contributed by atoms with E-state index in [0.717, 1.165) is 37.2 Å². The quantitative estimate of drug-likeness (QED) is 0.423. The van der Waals surface area contributed by atoms with E-state index in [4.69, 9.17) is 18.9 Å². The number of para-hydroxylation sites is 1. The summed E-state index contributed by atoms with van der Waals surface area (Å²) in [6.45, 7) is 8.51. The molecular formula is C32H40N2O6. The van der Waals surface area contributed by atoms with Gasteiger partial charge >= 0.3 is 11.9 Å². The van der Waals surface area contributed by atoms with Crippen LogP contribution in [0.1, 0.15) is 46.1 Å². The van der Waals surface area contributed by atoms with Gasteiger partial charge < -0.3 is 23.9 Å². The molecule has 1 saturated carbocycles. The topological polar surface area (TPSA) is 90.1 Å². The van der Waals surface area contributed by atoms with E-state index in [9.17, 15) is 9.59 Å². The molecule has 0 spiro atoms. The standard InChI is InChI=1S/C32H40N2O6/c1-18-13-21(14-27(37-4)19(18)2)31(35)40-28-15-22(20(3)29(30(28)38-5)32(36)39-6)16-34-12-11-24-23-9-7-8-10-25(23)33-26(24)17-34/h7-10,13-14,20,22,28-30,33H,11-12,15-17H2,1-6H3/t20-,22+,28+,29-,30-/m0/s1. The maximum absolute atomic E-state index is 13.4. The van der Waals surface area contributed by atoms with E-state index >= 15 is 0 Å². The minimum Gasteiger partial charge on any atom is -0.496 e. The van der Waals surface area contributed by atoms with Crippen molar-refractivity contribution in [2.75, 3.05) is 34.4 Å². The van der Waals surface area contributed by atoms with E-state index in [1.807, 2.05) is 19.9 Å². The number of carbonyl (C=O) groups is 2. The fraction of sp³-hybridized carbons (Fsp3) is 0.500. The Bertz CT molecular complexity index is 1400. The largest absolute Gasteiger partial charge is 0.496 e. The molecule has 214 valence electrons. The lowest BCUT2D eigenvalue weighted by molar-refractivity contribution is -0.169. The van der Waals surface area contributed by atoms with Gasteiger partial charge in [-0.15, -0.1) is 0 Å². The summed E-state index contributed by atoms with van der Waals surface area (Å²) >= 11 is 0. The Kier molecular flexibility index (Phi) is 8.19. The van der Waals surface area contributed by atoms with Gasteiger partial charge in [0.15, 0.2) is 0 Å². The number of benzene rings is 2. The summed E-state index contributed by atoms with van der Waals surface area (Å²) in [7, 11) is 4.55. The minimum absolute atomic E-state index is 0.0156. The summed E-state index contributed by atoms with van der Waals surface area (Å²) in [6.07, 6.45) is 0.368. The van der Waals surface area contributed by atoms with E-state index in [2.05, 4.69) is 41.1 Å². The van der Waals surface area contributed by atoms with E-state index in [1.54, 1.807) is 20.3 Å². The van der Waals surface area contributed by atoms with Gasteiger partial charge in [0.05, 0.1) is 25.7 Å². The van der Waals surface area contributed by atoms with Crippen molar-refractivity contribution in [3.05, 3.63) is 64.3 Å². The molecule has 1 aliphatic heterocycles. The summed E-state index contributed by atoms with van der Waals surface area (Å²) in [5, 5.41) is 1.30. The van der Waals surface area contributed by atoms with Crippen LogP contribution in [0.3, 0.4) is 0 Å². The van der Waals surface area contributed by atoms with Crippen molar-refractivity contribution in [1.29, 1.82) is 0 Å². The van der Waals surface area contributed by atoms with Gasteiger partial charge in [-0.2, -0.15) is 0 Å². The van der Waals surface area contributed by atoms with Crippen molar-refractivity contribution < 1.29 is 28.5 Å². The number of fused-ring (bicyclic) bond motifs is 3. The first-order valence-electron chi connectivity index (χ1n) is 14.0. The molecule has 40 heavy (non-hydrogen) atoms. The summed E-state index contributed by atoms with van der Waals surface area (Å²) < 4.78 is 22.6. The van der Waals surface area contributed by atoms with Crippen LogP contribution >= 0.6 is 0 Å². The highest BCUT2D eigenvalue weighted by atomic mass is 16.6. The monoisotopic (exact) mass is 548 g/mol. The van der Waals surface area contributed by atoms with Crippen molar-refractivity contribution in [3.8, 4) is 5.75 Å². The van der Waals surface area contributed by atoms with Gasteiger partial charge in [0.2, 0.25) is 0 Å². The van der Waals surface area contributed by atoms with Gasteiger partial charge in [-0.3, -0.25) is 9.69 Å². The van der Waals surface area contributed by atoms with E-state index in [0.29, 0.717) is 17.7 Å². The number of carbonyl (C=O) groups excluding carboxylic acids is 2. The molecule has 8 heteroatoms. The number of aryl methyl sites for hydroxylation is 1. The number of methoxy groups -OCH3 is 3. The first kappa shape index (κ1) is 28.2. The molecule has 8 nitrogen and oxygen atoms in total. The second kappa shape index (κ2) is 11.6. The zero-order chi connectivity index (χ0) is 28.6. The van der Waals surface area contributed by atoms with Gasteiger partial charge in [-0.1, -0.05) is 25.1 Å². The Morgan fingerprint density at radius 3 is 2.60 bits per heavy atom. The molecule has 0 amide bonds. The van der Waals surface area contributed by atoms with Gasteiger partial charge in [0.25, 0.3) is 0 Å². The number of aromatic nitrogens is 1. The third kappa shape index (κ3) is 5.22. The van der Waals surface area contributed by atoms with E-state index in [1.165, 1.54) is 29.3 Å². The highest BCUT2D eigenvalue weighted by Crippen LogP contribution is 2.40. The fourth-order valence-electron chi connectivity index (χ4n) is 6.71. The maximum atomic E-state index is 13.4. The summed E-state index contributed by atoms with van der Waals surface area (Å²) in [5.74, 6) is -0.610. The molecule has 1 N–H and O–H groups in total. The fourth-order valence-corrected chi connectivity index (χ4v) is 6.71. The Labute approximate surface area is 235 Å². The molecule has 0 saturated heterocycles. The Hall–Kier alpha value is -3.36. The number of hydrogen-bond acceptors (Lipinski definition) is 7. The second-order valence-corrected chi connectivity index (χ2v) is 11.3. The molecule has 3 aromatic rings. The molecule has 2 aromatic carbocycles. The Morgan fingerprint density at radius 1 is 1.10 bits per heavy atom. The van der Waals surface area contributed by atoms with Crippen molar-refractivity contribution in [2.24, 2.45) is 17.8 Å². The number of ether oxygens (including phenoxy) is 4. The Balaban J connectivity index is 1.37. The molecule has 1 aliphatic carbocycles. The predicted molar refractivity (Wildman–Crippen MR) is 153 cm³/mol. The first-order chi connectivity index (χ1) is 19.2. The lowest BCUT2D eigenvalue weighted by Gasteiger charge is -2.45. The van der Waals surface area contributed by atoms with Crippen molar-refractivity contribution in [3.63, 3.8) is 0 Å². The molecule has 0 bridgehead atoms. The van der Waals surface area contributed by atoms with Gasteiger partial charge in [0, 0.05) is 43.3 Å². The minimum atomic E-state index is -0.599. The number of aromatic amines is 1. The molecule has 2 heterocycles. The normalized spacial score (nSPS) is 24.9. The number of nitrogens with one attached hydrogen (secondary N) is 1. The van der Waals surface area contributed by atoms with Crippen LogP contribution in [0.4, 0.5) is 0 Å². The zero-order valence-corrected chi connectivity index (χ0v) is 24.3. The number of hydrogen-bond donors (Lipinski definition) is 1. The highest BCUT2D eigenvalue weighted by molar-refractivity contribution is 5.90. The van der Waals surface area contributed by atoms with E-state index < -0.39 is 24.1 Å². The smallest absolute Gasteiger partial charge is 0.338 e. The van der Waals surface area contributed by atoms with Crippen LogP contribution in [0, 0.1) is 31.6 Å².